The molecule has 0 amide bonds. The molecule has 0 aliphatic carbocycles. The molecule has 4 nitrogen and oxygen atoms in total. The third-order valence-corrected chi connectivity index (χ3v) is 4.90. The average molecular weight is 315 g/mol. The number of hydrogen-bond acceptors (Lipinski definition) is 4. The number of thiophene rings is 1. The standard InChI is InChI=1S/C17H21N3OS/c1-3-5-11-20-16(21)15-14(19-17(20)18-10-4-2)12-8-6-7-9-13(12)22-15/h6-9H,3-5,10-11H2,1-2H3,(H,18,19). The third-order valence-electron chi connectivity index (χ3n) is 3.75. The number of benzene rings is 1. The topological polar surface area (TPSA) is 46.9 Å². The third kappa shape index (κ3) is 2.61. The molecule has 1 N–H and O–H groups in total. The minimum atomic E-state index is 0.0817. The van der Waals surface area contributed by atoms with Crippen LogP contribution in [-0.2, 0) is 6.54 Å². The van der Waals surface area contributed by atoms with Crippen LogP contribution >= 0.6 is 11.3 Å². The van der Waals surface area contributed by atoms with Gasteiger partial charge in [-0.15, -0.1) is 11.3 Å². The monoisotopic (exact) mass is 315 g/mol. The number of anilines is 1. The summed E-state index contributed by atoms with van der Waals surface area (Å²) >= 11 is 1.54. The Kier molecular flexibility index (Phi) is 4.43. The summed E-state index contributed by atoms with van der Waals surface area (Å²) in [6.45, 7) is 5.79. The molecule has 0 atom stereocenters. The maximum absolute atomic E-state index is 12.9. The SMILES string of the molecule is CCCCn1c(NCCC)nc2c(sc3ccccc32)c1=O. The van der Waals surface area contributed by atoms with Gasteiger partial charge in [-0.2, -0.15) is 0 Å². The Morgan fingerprint density at radius 2 is 2.05 bits per heavy atom. The first kappa shape index (κ1) is 15.0. The smallest absolute Gasteiger partial charge is 0.272 e. The highest BCUT2D eigenvalue weighted by Gasteiger charge is 2.15. The summed E-state index contributed by atoms with van der Waals surface area (Å²) < 4.78 is 3.69. The quantitative estimate of drug-likeness (QED) is 0.740. The molecule has 0 saturated heterocycles. The summed E-state index contributed by atoms with van der Waals surface area (Å²) in [5.41, 5.74) is 0.912. The molecule has 2 aromatic heterocycles. The van der Waals surface area contributed by atoms with Crippen molar-refractivity contribution in [3.05, 3.63) is 34.6 Å². The predicted molar refractivity (Wildman–Crippen MR) is 95.1 cm³/mol. The molecule has 0 fully saturated rings. The van der Waals surface area contributed by atoms with Gasteiger partial charge in [0, 0.05) is 23.2 Å². The Morgan fingerprint density at radius 3 is 2.82 bits per heavy atom. The fourth-order valence-electron chi connectivity index (χ4n) is 2.57. The van der Waals surface area contributed by atoms with E-state index < -0.39 is 0 Å². The minimum Gasteiger partial charge on any atom is -0.356 e. The van der Waals surface area contributed by atoms with Crippen LogP contribution in [0, 0.1) is 0 Å². The van der Waals surface area contributed by atoms with Crippen molar-refractivity contribution >= 4 is 37.6 Å². The molecule has 0 bridgehead atoms. The molecule has 0 spiro atoms. The van der Waals surface area contributed by atoms with Gasteiger partial charge >= 0.3 is 0 Å². The van der Waals surface area contributed by atoms with E-state index in [9.17, 15) is 4.79 Å². The molecule has 116 valence electrons. The number of nitrogens with zero attached hydrogens (tertiary/aromatic N) is 2. The Balaban J connectivity index is 2.23. The first-order valence-electron chi connectivity index (χ1n) is 7.92. The second-order valence-electron chi connectivity index (χ2n) is 5.45. The molecular formula is C17H21N3OS. The van der Waals surface area contributed by atoms with Crippen LogP contribution in [0.4, 0.5) is 5.95 Å². The lowest BCUT2D eigenvalue weighted by molar-refractivity contribution is 0.613. The van der Waals surface area contributed by atoms with Crippen molar-refractivity contribution < 1.29 is 0 Å². The van der Waals surface area contributed by atoms with Gasteiger partial charge in [0.2, 0.25) is 5.95 Å². The van der Waals surface area contributed by atoms with Crippen molar-refractivity contribution in [2.75, 3.05) is 11.9 Å². The van der Waals surface area contributed by atoms with Gasteiger partial charge in [-0.3, -0.25) is 9.36 Å². The van der Waals surface area contributed by atoms with Crippen LogP contribution in [0.1, 0.15) is 33.1 Å². The molecule has 0 unspecified atom stereocenters. The zero-order valence-corrected chi connectivity index (χ0v) is 13.9. The minimum absolute atomic E-state index is 0.0817. The van der Waals surface area contributed by atoms with E-state index in [1.807, 2.05) is 18.2 Å². The van der Waals surface area contributed by atoms with Gasteiger partial charge in [0.25, 0.3) is 5.56 Å². The van der Waals surface area contributed by atoms with E-state index in [0.717, 1.165) is 52.7 Å². The Bertz CT molecular complexity index is 850. The highest BCUT2D eigenvalue weighted by molar-refractivity contribution is 7.25. The summed E-state index contributed by atoms with van der Waals surface area (Å²) in [6.07, 6.45) is 3.05. The van der Waals surface area contributed by atoms with E-state index in [4.69, 9.17) is 4.98 Å². The predicted octanol–water partition coefficient (Wildman–Crippen LogP) is 4.23. The lowest BCUT2D eigenvalue weighted by atomic mass is 10.2. The van der Waals surface area contributed by atoms with Crippen molar-refractivity contribution in [1.82, 2.24) is 9.55 Å². The fraction of sp³-hybridized carbons (Fsp3) is 0.412. The number of unbranched alkanes of at least 4 members (excludes halogenated alkanes) is 1. The van der Waals surface area contributed by atoms with Gasteiger partial charge in [-0.25, -0.2) is 4.98 Å². The Labute approximate surface area is 133 Å². The number of hydrogen-bond donors (Lipinski definition) is 1. The van der Waals surface area contributed by atoms with Crippen LogP contribution in [0.2, 0.25) is 0 Å². The summed E-state index contributed by atoms with van der Waals surface area (Å²) in [7, 11) is 0. The summed E-state index contributed by atoms with van der Waals surface area (Å²) in [4.78, 5) is 17.7. The Hall–Kier alpha value is -1.88. The normalized spacial score (nSPS) is 11.4. The van der Waals surface area contributed by atoms with E-state index in [0.29, 0.717) is 5.95 Å². The van der Waals surface area contributed by atoms with Crippen molar-refractivity contribution in [1.29, 1.82) is 0 Å². The molecule has 0 radical (unpaired) electrons. The van der Waals surface area contributed by atoms with Crippen molar-refractivity contribution in [2.24, 2.45) is 0 Å². The van der Waals surface area contributed by atoms with Crippen molar-refractivity contribution in [3.8, 4) is 0 Å². The van der Waals surface area contributed by atoms with Crippen LogP contribution in [-0.4, -0.2) is 16.1 Å². The number of aromatic nitrogens is 2. The van der Waals surface area contributed by atoms with Gasteiger partial charge < -0.3 is 5.32 Å². The average Bonchev–Trinajstić information content (AvgIpc) is 2.91. The summed E-state index contributed by atoms with van der Waals surface area (Å²) in [5.74, 6) is 0.705. The molecule has 3 rings (SSSR count). The van der Waals surface area contributed by atoms with E-state index in [2.05, 4.69) is 25.2 Å². The number of fused-ring (bicyclic) bond motifs is 3. The van der Waals surface area contributed by atoms with Gasteiger partial charge in [0.15, 0.2) is 0 Å². The molecule has 0 aliphatic heterocycles. The van der Waals surface area contributed by atoms with Gasteiger partial charge in [-0.1, -0.05) is 38.5 Å². The number of rotatable bonds is 6. The van der Waals surface area contributed by atoms with E-state index in [-0.39, 0.29) is 5.56 Å². The van der Waals surface area contributed by atoms with E-state index in [1.165, 1.54) is 0 Å². The molecule has 0 saturated carbocycles. The lowest BCUT2D eigenvalue weighted by Crippen LogP contribution is -2.25. The zero-order chi connectivity index (χ0) is 15.5. The van der Waals surface area contributed by atoms with Gasteiger partial charge in [0.05, 0.1) is 5.52 Å². The lowest BCUT2D eigenvalue weighted by Gasteiger charge is -2.13. The highest BCUT2D eigenvalue weighted by Crippen LogP contribution is 2.31. The van der Waals surface area contributed by atoms with Gasteiger partial charge in [0.1, 0.15) is 4.70 Å². The van der Waals surface area contributed by atoms with Crippen molar-refractivity contribution in [2.45, 2.75) is 39.7 Å². The van der Waals surface area contributed by atoms with Gasteiger partial charge in [-0.05, 0) is 18.9 Å². The summed E-state index contributed by atoms with van der Waals surface area (Å²) in [5, 5.41) is 4.39. The van der Waals surface area contributed by atoms with E-state index in [1.54, 1.807) is 15.9 Å². The maximum atomic E-state index is 12.9. The first-order chi connectivity index (χ1) is 10.8. The second-order valence-corrected chi connectivity index (χ2v) is 6.50. The summed E-state index contributed by atoms with van der Waals surface area (Å²) in [6, 6.07) is 8.10. The Morgan fingerprint density at radius 1 is 1.23 bits per heavy atom. The van der Waals surface area contributed by atoms with Crippen molar-refractivity contribution in [3.63, 3.8) is 0 Å². The van der Waals surface area contributed by atoms with E-state index >= 15 is 0 Å². The van der Waals surface area contributed by atoms with Crippen LogP contribution in [0.3, 0.4) is 0 Å². The molecular weight excluding hydrogens is 294 g/mol. The highest BCUT2D eigenvalue weighted by atomic mass is 32.1. The maximum Gasteiger partial charge on any atom is 0.272 e. The molecule has 5 heteroatoms. The molecule has 0 aliphatic rings. The first-order valence-corrected chi connectivity index (χ1v) is 8.73. The molecule has 22 heavy (non-hydrogen) atoms. The molecule has 1 aromatic carbocycles. The molecule has 3 aromatic rings. The van der Waals surface area contributed by atoms with Crippen LogP contribution < -0.4 is 10.9 Å². The number of nitrogens with one attached hydrogen (secondary N) is 1. The van der Waals surface area contributed by atoms with Crippen LogP contribution in [0.25, 0.3) is 20.3 Å². The molecule has 2 heterocycles. The second kappa shape index (κ2) is 6.48. The zero-order valence-electron chi connectivity index (χ0n) is 13.1. The fourth-order valence-corrected chi connectivity index (χ4v) is 3.66. The van der Waals surface area contributed by atoms with Crippen LogP contribution in [0.15, 0.2) is 29.1 Å². The largest absolute Gasteiger partial charge is 0.356 e. The van der Waals surface area contributed by atoms with Crippen LogP contribution in [0.5, 0.6) is 0 Å².